The molecule has 132 valence electrons. The number of sulfonamides is 1. The van der Waals surface area contributed by atoms with Crippen LogP contribution in [0.15, 0.2) is 41.4 Å². The van der Waals surface area contributed by atoms with Gasteiger partial charge in [0, 0.05) is 25.5 Å². The fourth-order valence-electron chi connectivity index (χ4n) is 2.63. The van der Waals surface area contributed by atoms with Gasteiger partial charge in [-0.1, -0.05) is 6.07 Å². The Morgan fingerprint density at radius 2 is 2.00 bits per heavy atom. The Labute approximate surface area is 144 Å². The molecule has 1 atom stereocenters. The number of hydrogen-bond acceptors (Lipinski definition) is 4. The molecule has 0 spiro atoms. The molecule has 7 heteroatoms. The third kappa shape index (κ3) is 3.98. The van der Waals surface area contributed by atoms with E-state index in [0.717, 1.165) is 11.3 Å². The molecule has 24 heavy (non-hydrogen) atoms. The van der Waals surface area contributed by atoms with Crippen molar-refractivity contribution in [2.45, 2.75) is 17.9 Å². The number of ether oxygens (including phenoxy) is 1. The van der Waals surface area contributed by atoms with Crippen molar-refractivity contribution < 1.29 is 13.2 Å². The molecule has 1 heterocycles. The van der Waals surface area contributed by atoms with Crippen LogP contribution in [0.4, 0.5) is 0 Å². The Morgan fingerprint density at radius 1 is 1.29 bits per heavy atom. The van der Waals surface area contributed by atoms with Crippen LogP contribution in [0, 0.1) is 6.92 Å². The molecule has 0 aliphatic carbocycles. The van der Waals surface area contributed by atoms with Crippen molar-refractivity contribution in [3.63, 3.8) is 0 Å². The number of nitrogens with one attached hydrogen (secondary N) is 1. The van der Waals surface area contributed by atoms with Crippen LogP contribution in [0.5, 0.6) is 5.75 Å². The SMILES string of the molecule is COc1ccc(C)cc1S(=O)(=O)NC[C@@H](c1cccn1C)N(C)C. The molecule has 0 saturated carbocycles. The Bertz CT molecular complexity index is 797. The Hall–Kier alpha value is -1.83. The molecule has 2 rings (SSSR count). The zero-order chi connectivity index (χ0) is 17.9. The van der Waals surface area contributed by atoms with Gasteiger partial charge in [0.1, 0.15) is 10.6 Å². The molecule has 1 N–H and O–H groups in total. The van der Waals surface area contributed by atoms with Gasteiger partial charge in [-0.15, -0.1) is 0 Å². The van der Waals surface area contributed by atoms with Crippen LogP contribution in [0.25, 0.3) is 0 Å². The van der Waals surface area contributed by atoms with Crippen molar-refractivity contribution in [2.75, 3.05) is 27.7 Å². The van der Waals surface area contributed by atoms with Crippen LogP contribution < -0.4 is 9.46 Å². The van der Waals surface area contributed by atoms with Gasteiger partial charge in [0.25, 0.3) is 0 Å². The predicted molar refractivity (Wildman–Crippen MR) is 94.8 cm³/mol. The van der Waals surface area contributed by atoms with Gasteiger partial charge >= 0.3 is 0 Å². The van der Waals surface area contributed by atoms with E-state index in [-0.39, 0.29) is 17.5 Å². The summed E-state index contributed by atoms with van der Waals surface area (Å²) in [6.45, 7) is 2.12. The molecule has 0 saturated heterocycles. The van der Waals surface area contributed by atoms with E-state index in [1.54, 1.807) is 12.1 Å². The summed E-state index contributed by atoms with van der Waals surface area (Å²) in [4.78, 5) is 2.15. The summed E-state index contributed by atoms with van der Waals surface area (Å²) in [6.07, 6.45) is 1.95. The number of rotatable bonds is 7. The van der Waals surface area contributed by atoms with E-state index in [0.29, 0.717) is 5.75 Å². The molecule has 0 radical (unpaired) electrons. The number of hydrogen-bond donors (Lipinski definition) is 1. The Morgan fingerprint density at radius 3 is 2.54 bits per heavy atom. The van der Waals surface area contributed by atoms with Crippen molar-refractivity contribution in [1.82, 2.24) is 14.2 Å². The van der Waals surface area contributed by atoms with Crippen molar-refractivity contribution >= 4 is 10.0 Å². The number of nitrogens with zero attached hydrogens (tertiary/aromatic N) is 2. The molecular weight excluding hydrogens is 326 g/mol. The quantitative estimate of drug-likeness (QED) is 0.828. The van der Waals surface area contributed by atoms with Crippen LogP contribution in [-0.2, 0) is 17.1 Å². The number of likely N-dealkylation sites (N-methyl/N-ethyl adjacent to an activating group) is 1. The van der Waals surface area contributed by atoms with Crippen LogP contribution >= 0.6 is 0 Å². The first-order valence-electron chi connectivity index (χ1n) is 7.68. The summed E-state index contributed by atoms with van der Waals surface area (Å²) in [5, 5.41) is 0. The Kier molecular flexibility index (Phi) is 5.69. The highest BCUT2D eigenvalue weighted by Gasteiger charge is 2.23. The highest BCUT2D eigenvalue weighted by Crippen LogP contribution is 2.25. The lowest BCUT2D eigenvalue weighted by atomic mass is 10.2. The zero-order valence-corrected chi connectivity index (χ0v) is 15.6. The van der Waals surface area contributed by atoms with Gasteiger partial charge in [0.15, 0.2) is 0 Å². The van der Waals surface area contributed by atoms with Crippen LogP contribution in [0.3, 0.4) is 0 Å². The lowest BCUT2D eigenvalue weighted by Gasteiger charge is -2.25. The van der Waals surface area contributed by atoms with E-state index in [4.69, 9.17) is 4.74 Å². The van der Waals surface area contributed by atoms with E-state index >= 15 is 0 Å². The van der Waals surface area contributed by atoms with E-state index in [1.165, 1.54) is 7.11 Å². The molecule has 2 aromatic rings. The maximum Gasteiger partial charge on any atom is 0.244 e. The third-order valence-corrected chi connectivity index (χ3v) is 5.47. The maximum absolute atomic E-state index is 12.7. The van der Waals surface area contributed by atoms with E-state index < -0.39 is 10.0 Å². The first-order chi connectivity index (χ1) is 11.3. The van der Waals surface area contributed by atoms with Gasteiger partial charge in [-0.25, -0.2) is 13.1 Å². The van der Waals surface area contributed by atoms with Crippen molar-refractivity contribution in [2.24, 2.45) is 7.05 Å². The monoisotopic (exact) mass is 351 g/mol. The van der Waals surface area contributed by atoms with Crippen LogP contribution in [0.2, 0.25) is 0 Å². The first-order valence-corrected chi connectivity index (χ1v) is 9.16. The largest absolute Gasteiger partial charge is 0.495 e. The second-order valence-electron chi connectivity index (χ2n) is 6.03. The zero-order valence-electron chi connectivity index (χ0n) is 14.8. The summed E-state index contributed by atoms with van der Waals surface area (Å²) in [6, 6.07) is 8.98. The highest BCUT2D eigenvalue weighted by molar-refractivity contribution is 7.89. The minimum atomic E-state index is -3.67. The fraction of sp³-hybridized carbons (Fsp3) is 0.412. The van der Waals surface area contributed by atoms with Gasteiger partial charge in [0.05, 0.1) is 13.2 Å². The lowest BCUT2D eigenvalue weighted by Crippen LogP contribution is -2.35. The topological polar surface area (TPSA) is 63.6 Å². The molecule has 1 aromatic heterocycles. The normalized spacial score (nSPS) is 13.2. The summed E-state index contributed by atoms with van der Waals surface area (Å²) >= 11 is 0. The highest BCUT2D eigenvalue weighted by atomic mass is 32.2. The number of methoxy groups -OCH3 is 1. The molecule has 0 amide bonds. The second-order valence-corrected chi connectivity index (χ2v) is 7.76. The van der Waals surface area contributed by atoms with Gasteiger partial charge < -0.3 is 9.30 Å². The number of benzene rings is 1. The number of aromatic nitrogens is 1. The van der Waals surface area contributed by atoms with E-state index in [1.807, 2.05) is 61.9 Å². The van der Waals surface area contributed by atoms with Crippen molar-refractivity contribution in [3.05, 3.63) is 47.8 Å². The predicted octanol–water partition coefficient (Wildman–Crippen LogP) is 1.92. The summed E-state index contributed by atoms with van der Waals surface area (Å²) in [5.74, 6) is 0.341. The summed E-state index contributed by atoms with van der Waals surface area (Å²) < 4.78 is 35.4. The molecule has 0 fully saturated rings. The molecule has 0 aliphatic heterocycles. The molecule has 1 aromatic carbocycles. The van der Waals surface area contributed by atoms with Crippen molar-refractivity contribution in [1.29, 1.82) is 0 Å². The summed E-state index contributed by atoms with van der Waals surface area (Å²) in [5.41, 5.74) is 1.90. The standard InChI is InChI=1S/C17H25N3O3S/c1-13-8-9-16(23-5)17(11-13)24(21,22)18-12-15(19(2)3)14-7-6-10-20(14)4/h6-11,15,18H,12H2,1-5H3/t15-/m0/s1. The van der Waals surface area contributed by atoms with E-state index in [9.17, 15) is 8.42 Å². The maximum atomic E-state index is 12.7. The average molecular weight is 351 g/mol. The Balaban J connectivity index is 2.26. The molecule has 0 unspecified atom stereocenters. The molecule has 6 nitrogen and oxygen atoms in total. The first kappa shape index (κ1) is 18.5. The summed E-state index contributed by atoms with van der Waals surface area (Å²) in [7, 11) is 3.61. The van der Waals surface area contributed by atoms with Crippen LogP contribution in [0.1, 0.15) is 17.3 Å². The van der Waals surface area contributed by atoms with Crippen molar-refractivity contribution in [3.8, 4) is 5.75 Å². The fourth-order valence-corrected chi connectivity index (χ4v) is 3.92. The van der Waals surface area contributed by atoms with E-state index in [2.05, 4.69) is 4.72 Å². The smallest absolute Gasteiger partial charge is 0.244 e. The van der Waals surface area contributed by atoms with Gasteiger partial charge in [-0.2, -0.15) is 0 Å². The molecular formula is C17H25N3O3S. The minimum absolute atomic E-state index is 0.0735. The molecule has 0 aliphatic rings. The molecule has 0 bridgehead atoms. The number of aryl methyl sites for hydroxylation is 2. The minimum Gasteiger partial charge on any atom is -0.495 e. The van der Waals surface area contributed by atoms with Gasteiger partial charge in [0.2, 0.25) is 10.0 Å². The van der Waals surface area contributed by atoms with Crippen LogP contribution in [-0.4, -0.2) is 45.6 Å². The third-order valence-electron chi connectivity index (χ3n) is 4.02. The lowest BCUT2D eigenvalue weighted by molar-refractivity contribution is 0.289. The average Bonchev–Trinajstić information content (AvgIpc) is 2.93. The van der Waals surface area contributed by atoms with Gasteiger partial charge in [-0.05, 0) is 50.8 Å². The van der Waals surface area contributed by atoms with Gasteiger partial charge in [-0.3, -0.25) is 4.90 Å². The second kappa shape index (κ2) is 7.38.